The molecule has 0 aliphatic carbocycles. The minimum Gasteiger partial charge on any atom is -0.390 e. The summed E-state index contributed by atoms with van der Waals surface area (Å²) < 4.78 is 0. The quantitative estimate of drug-likeness (QED) is 0.919. The van der Waals surface area contributed by atoms with Crippen LogP contribution in [0.4, 0.5) is 0 Å². The van der Waals surface area contributed by atoms with E-state index in [0.717, 1.165) is 13.0 Å². The maximum atomic E-state index is 9.98. The fraction of sp³-hybridized carbons (Fsp3) is 0.333. The van der Waals surface area contributed by atoms with Crippen molar-refractivity contribution in [2.24, 2.45) is 0 Å². The lowest BCUT2D eigenvalue weighted by atomic mass is 9.88. The van der Waals surface area contributed by atoms with Crippen molar-refractivity contribution in [3.8, 4) is 0 Å². The van der Waals surface area contributed by atoms with Crippen LogP contribution in [-0.4, -0.2) is 28.7 Å². The van der Waals surface area contributed by atoms with Gasteiger partial charge in [0.05, 0.1) is 12.1 Å². The van der Waals surface area contributed by atoms with E-state index < -0.39 is 0 Å². The van der Waals surface area contributed by atoms with Crippen LogP contribution in [0, 0.1) is 0 Å². The third-order valence-electron chi connectivity index (χ3n) is 4.25. The molecule has 1 saturated heterocycles. The van der Waals surface area contributed by atoms with Crippen LogP contribution >= 0.6 is 0 Å². The number of rotatable bonds is 4. The summed E-state index contributed by atoms with van der Waals surface area (Å²) in [6, 6.07) is 21.7. The molecule has 1 fully saturated rings. The van der Waals surface area contributed by atoms with Crippen LogP contribution in [0.5, 0.6) is 0 Å². The molecule has 1 aliphatic rings. The molecule has 0 spiro atoms. The molecule has 2 aromatic carbocycles. The highest BCUT2D eigenvalue weighted by atomic mass is 16.3. The Morgan fingerprint density at radius 2 is 1.50 bits per heavy atom. The van der Waals surface area contributed by atoms with Gasteiger partial charge < -0.3 is 5.11 Å². The topological polar surface area (TPSA) is 23.5 Å². The van der Waals surface area contributed by atoms with Crippen LogP contribution in [0.15, 0.2) is 60.7 Å². The average molecular weight is 267 g/mol. The van der Waals surface area contributed by atoms with Gasteiger partial charge in [-0.1, -0.05) is 67.6 Å². The third-order valence-corrected chi connectivity index (χ3v) is 4.25. The van der Waals surface area contributed by atoms with Crippen LogP contribution < -0.4 is 0 Å². The van der Waals surface area contributed by atoms with Crippen molar-refractivity contribution < 1.29 is 5.11 Å². The van der Waals surface area contributed by atoms with Crippen LogP contribution in [0.3, 0.4) is 0 Å². The van der Waals surface area contributed by atoms with Crippen molar-refractivity contribution in [2.45, 2.75) is 31.5 Å². The zero-order valence-electron chi connectivity index (χ0n) is 11.8. The number of hydrogen-bond acceptors (Lipinski definition) is 2. The number of aliphatic hydroxyl groups excluding tert-OH is 1. The first-order chi connectivity index (χ1) is 9.81. The summed E-state index contributed by atoms with van der Waals surface area (Å²) in [6.07, 6.45) is 0.798. The summed E-state index contributed by atoms with van der Waals surface area (Å²) in [4.78, 5) is 2.41. The second kappa shape index (κ2) is 5.78. The van der Waals surface area contributed by atoms with Crippen molar-refractivity contribution in [2.75, 3.05) is 6.54 Å². The summed E-state index contributed by atoms with van der Waals surface area (Å²) in [5.74, 6) is 0. The Bertz CT molecular complexity index is 500. The van der Waals surface area contributed by atoms with Crippen LogP contribution in [0.2, 0.25) is 0 Å². The molecule has 20 heavy (non-hydrogen) atoms. The Kier molecular flexibility index (Phi) is 3.86. The molecule has 1 aliphatic heterocycles. The van der Waals surface area contributed by atoms with E-state index in [9.17, 15) is 5.11 Å². The molecule has 0 bridgehead atoms. The first-order valence-corrected chi connectivity index (χ1v) is 7.35. The van der Waals surface area contributed by atoms with Crippen LogP contribution in [-0.2, 0) is 0 Å². The molecular weight excluding hydrogens is 246 g/mol. The second-order valence-electron chi connectivity index (χ2n) is 5.46. The van der Waals surface area contributed by atoms with Gasteiger partial charge in [0.25, 0.3) is 0 Å². The van der Waals surface area contributed by atoms with Crippen LogP contribution in [0.1, 0.15) is 30.5 Å². The molecule has 2 heteroatoms. The van der Waals surface area contributed by atoms with Gasteiger partial charge in [-0.25, -0.2) is 0 Å². The highest BCUT2D eigenvalue weighted by molar-refractivity contribution is 5.33. The molecule has 1 N–H and O–H groups in total. The average Bonchev–Trinajstić information content (AvgIpc) is 2.49. The van der Waals surface area contributed by atoms with Gasteiger partial charge in [-0.2, -0.15) is 0 Å². The van der Waals surface area contributed by atoms with E-state index in [-0.39, 0.29) is 18.2 Å². The van der Waals surface area contributed by atoms with Gasteiger partial charge in [0, 0.05) is 12.6 Å². The van der Waals surface area contributed by atoms with Crippen molar-refractivity contribution in [3.05, 3.63) is 71.8 Å². The van der Waals surface area contributed by atoms with Crippen molar-refractivity contribution >= 4 is 0 Å². The number of benzene rings is 2. The molecule has 0 saturated carbocycles. The molecule has 0 amide bonds. The highest BCUT2D eigenvalue weighted by Crippen LogP contribution is 2.36. The predicted molar refractivity (Wildman–Crippen MR) is 81.5 cm³/mol. The smallest absolute Gasteiger partial charge is 0.0822 e. The molecule has 3 rings (SSSR count). The van der Waals surface area contributed by atoms with Gasteiger partial charge in [-0.05, 0) is 17.5 Å². The fourth-order valence-electron chi connectivity index (χ4n) is 3.21. The minimum absolute atomic E-state index is 0.185. The van der Waals surface area contributed by atoms with E-state index >= 15 is 0 Å². The predicted octanol–water partition coefficient (Wildman–Crippen LogP) is 3.23. The second-order valence-corrected chi connectivity index (χ2v) is 5.46. The summed E-state index contributed by atoms with van der Waals surface area (Å²) in [5, 5.41) is 9.98. The van der Waals surface area contributed by atoms with E-state index in [0.29, 0.717) is 0 Å². The number of nitrogens with zero attached hydrogens (tertiary/aromatic N) is 1. The molecule has 2 aromatic rings. The number of aliphatic hydroxyl groups is 1. The lowest BCUT2D eigenvalue weighted by Crippen LogP contribution is -2.60. The maximum Gasteiger partial charge on any atom is 0.0822 e. The molecule has 2 unspecified atom stereocenters. The van der Waals surface area contributed by atoms with Gasteiger partial charge in [0.1, 0.15) is 0 Å². The van der Waals surface area contributed by atoms with E-state index in [1.807, 2.05) is 12.1 Å². The first kappa shape index (κ1) is 13.3. The van der Waals surface area contributed by atoms with E-state index in [1.54, 1.807) is 0 Å². The zero-order chi connectivity index (χ0) is 13.9. The van der Waals surface area contributed by atoms with Gasteiger partial charge in [0.15, 0.2) is 0 Å². The molecule has 0 aromatic heterocycles. The lowest BCUT2D eigenvalue weighted by Gasteiger charge is -2.49. The molecular formula is C18H21NO. The van der Waals surface area contributed by atoms with Crippen molar-refractivity contribution in [1.82, 2.24) is 4.90 Å². The fourth-order valence-corrected chi connectivity index (χ4v) is 3.21. The summed E-state index contributed by atoms with van der Waals surface area (Å²) in [7, 11) is 0. The third kappa shape index (κ3) is 2.37. The summed E-state index contributed by atoms with van der Waals surface area (Å²) >= 11 is 0. The van der Waals surface area contributed by atoms with E-state index in [2.05, 4.69) is 60.4 Å². The molecule has 104 valence electrons. The summed E-state index contributed by atoms with van der Waals surface area (Å²) in [5.41, 5.74) is 2.59. The number of β-amino-alcohol motifs (C(OH)–C–C–N with tert-alkyl or cyclic N) is 1. The van der Waals surface area contributed by atoms with E-state index in [4.69, 9.17) is 0 Å². The summed E-state index contributed by atoms with van der Waals surface area (Å²) in [6.45, 7) is 2.90. The Hall–Kier alpha value is -1.64. The Labute approximate surface area is 120 Å². The Morgan fingerprint density at radius 3 is 1.90 bits per heavy atom. The zero-order valence-corrected chi connectivity index (χ0v) is 11.8. The molecule has 1 heterocycles. The Morgan fingerprint density at radius 1 is 1.00 bits per heavy atom. The normalized spacial score (nSPS) is 22.8. The monoisotopic (exact) mass is 267 g/mol. The van der Waals surface area contributed by atoms with Gasteiger partial charge in [0.2, 0.25) is 0 Å². The van der Waals surface area contributed by atoms with Crippen molar-refractivity contribution in [3.63, 3.8) is 0 Å². The van der Waals surface area contributed by atoms with Gasteiger partial charge in [-0.15, -0.1) is 0 Å². The first-order valence-electron chi connectivity index (χ1n) is 7.35. The number of likely N-dealkylation sites (tertiary alicyclic amines) is 1. The van der Waals surface area contributed by atoms with Gasteiger partial charge in [-0.3, -0.25) is 4.90 Å². The molecule has 2 atom stereocenters. The van der Waals surface area contributed by atoms with Crippen LogP contribution in [0.25, 0.3) is 0 Å². The maximum absolute atomic E-state index is 9.98. The standard InChI is InChI=1S/C18H21NO/c1-2-16-17(20)13-19(16)18(14-9-5-3-6-10-14)15-11-7-4-8-12-15/h3-12,16-18,20H,2,13H2,1H3. The SMILES string of the molecule is CCC1C(O)CN1C(c1ccccc1)c1ccccc1. The van der Waals surface area contributed by atoms with E-state index in [1.165, 1.54) is 11.1 Å². The largest absolute Gasteiger partial charge is 0.390 e. The minimum atomic E-state index is -0.185. The molecule has 0 radical (unpaired) electrons. The lowest BCUT2D eigenvalue weighted by molar-refractivity contribution is -0.0794. The van der Waals surface area contributed by atoms with Gasteiger partial charge >= 0.3 is 0 Å². The van der Waals surface area contributed by atoms with Crippen molar-refractivity contribution in [1.29, 1.82) is 0 Å². The Balaban J connectivity index is 1.97. The highest BCUT2D eigenvalue weighted by Gasteiger charge is 2.41. The number of hydrogen-bond donors (Lipinski definition) is 1. The molecule has 2 nitrogen and oxygen atoms in total.